The third kappa shape index (κ3) is 1.92. The highest BCUT2D eigenvalue weighted by molar-refractivity contribution is 6.62. The van der Waals surface area contributed by atoms with Gasteiger partial charge in [0.05, 0.1) is 11.2 Å². The van der Waals surface area contributed by atoms with E-state index in [1.165, 1.54) is 12.3 Å². The van der Waals surface area contributed by atoms with Crippen LogP contribution >= 0.6 is 0 Å². The summed E-state index contributed by atoms with van der Waals surface area (Å²) in [6.45, 7) is 7.64. The Kier molecular flexibility index (Phi) is 2.96. The summed E-state index contributed by atoms with van der Waals surface area (Å²) in [5.41, 5.74) is -0.758. The number of terminal acetylenes is 1. The highest BCUT2D eigenvalue weighted by Crippen LogP contribution is 2.36. The van der Waals surface area contributed by atoms with Gasteiger partial charge in [-0.15, -0.1) is 6.42 Å². The minimum absolute atomic E-state index is 0.0257. The van der Waals surface area contributed by atoms with E-state index in [0.29, 0.717) is 0 Å². The molecule has 1 aliphatic rings. The molecule has 0 unspecified atom stereocenters. The van der Waals surface area contributed by atoms with Crippen molar-refractivity contribution in [3.05, 3.63) is 23.8 Å². The molecule has 2 rings (SSSR count). The molecule has 1 aliphatic heterocycles. The van der Waals surface area contributed by atoms with Crippen molar-refractivity contribution in [1.29, 1.82) is 0 Å². The Balaban J connectivity index is 2.39. The monoisotopic (exact) mass is 247 g/mol. The van der Waals surface area contributed by atoms with Crippen LogP contribution in [0.2, 0.25) is 0 Å². The molecule has 1 fully saturated rings. The van der Waals surface area contributed by atoms with E-state index >= 15 is 0 Å². The van der Waals surface area contributed by atoms with Crippen molar-refractivity contribution in [2.24, 2.45) is 0 Å². The van der Waals surface area contributed by atoms with Crippen molar-refractivity contribution in [2.45, 2.75) is 38.9 Å². The Bertz CT molecular complexity index is 506. The van der Waals surface area contributed by atoms with Crippen molar-refractivity contribution >= 4 is 12.6 Å². The summed E-state index contributed by atoms with van der Waals surface area (Å²) in [7, 11) is -0.759. The van der Waals surface area contributed by atoms with Gasteiger partial charge in [-0.3, -0.25) is 0 Å². The van der Waals surface area contributed by atoms with Crippen LogP contribution in [0.4, 0.5) is 4.39 Å². The number of rotatable bonds is 1. The van der Waals surface area contributed by atoms with E-state index in [4.69, 9.17) is 15.7 Å². The van der Waals surface area contributed by atoms with Crippen molar-refractivity contribution in [2.75, 3.05) is 0 Å². The molecular formula is C13H15BFNO2. The van der Waals surface area contributed by atoms with Gasteiger partial charge in [-0.1, -0.05) is 0 Å². The lowest BCUT2D eigenvalue weighted by atomic mass is 9.79. The Labute approximate surface area is 107 Å². The summed E-state index contributed by atoms with van der Waals surface area (Å²) in [5.74, 6) is 1.65. The average Bonchev–Trinajstić information content (AvgIpc) is 2.48. The number of hydrogen-bond donors (Lipinski definition) is 0. The molecule has 0 saturated carbocycles. The zero-order valence-electron chi connectivity index (χ0n) is 11.0. The average molecular weight is 247 g/mol. The molecule has 0 bridgehead atoms. The molecule has 5 heteroatoms. The van der Waals surface area contributed by atoms with Crippen molar-refractivity contribution in [3.63, 3.8) is 0 Å². The molecule has 0 aliphatic carbocycles. The first-order valence-electron chi connectivity index (χ1n) is 5.75. The molecule has 2 heterocycles. The maximum Gasteiger partial charge on any atom is 0.498 e. The normalized spacial score (nSPS) is 20.8. The van der Waals surface area contributed by atoms with Gasteiger partial charge in [0.1, 0.15) is 5.69 Å². The number of nitrogens with zero attached hydrogens (tertiary/aromatic N) is 1. The third-order valence-corrected chi connectivity index (χ3v) is 3.56. The Morgan fingerprint density at radius 1 is 1.28 bits per heavy atom. The molecule has 18 heavy (non-hydrogen) atoms. The van der Waals surface area contributed by atoms with E-state index in [2.05, 4.69) is 10.9 Å². The van der Waals surface area contributed by atoms with Crippen LogP contribution in [0.3, 0.4) is 0 Å². The van der Waals surface area contributed by atoms with Gasteiger partial charge in [-0.2, -0.15) is 0 Å². The predicted molar refractivity (Wildman–Crippen MR) is 67.8 cm³/mol. The number of halogens is 1. The van der Waals surface area contributed by atoms with E-state index < -0.39 is 24.1 Å². The molecule has 94 valence electrons. The van der Waals surface area contributed by atoms with Gasteiger partial charge >= 0.3 is 7.12 Å². The van der Waals surface area contributed by atoms with Gasteiger partial charge in [0.15, 0.2) is 5.82 Å². The van der Waals surface area contributed by atoms with Crippen LogP contribution in [0.1, 0.15) is 33.4 Å². The lowest BCUT2D eigenvalue weighted by molar-refractivity contribution is 0.00578. The lowest BCUT2D eigenvalue weighted by Crippen LogP contribution is -2.41. The van der Waals surface area contributed by atoms with Gasteiger partial charge in [-0.05, 0) is 39.7 Å². The second-order valence-corrected chi connectivity index (χ2v) is 5.30. The fourth-order valence-corrected chi connectivity index (χ4v) is 1.71. The van der Waals surface area contributed by atoms with Crippen LogP contribution in [0.15, 0.2) is 12.3 Å². The Morgan fingerprint density at radius 2 is 1.83 bits per heavy atom. The summed E-state index contributed by atoms with van der Waals surface area (Å²) in [4.78, 5) is 3.78. The standard InChI is InChI=1S/C13H15BFNO2/c1-6-10-11(15)9(7-8-16-10)14-17-12(2,3)13(4,5)18-14/h1,7-8H,2-5H3. The van der Waals surface area contributed by atoms with Crippen molar-refractivity contribution in [1.82, 2.24) is 4.98 Å². The second-order valence-electron chi connectivity index (χ2n) is 5.30. The molecule has 0 N–H and O–H groups in total. The van der Waals surface area contributed by atoms with Crippen LogP contribution in [0.5, 0.6) is 0 Å². The molecule has 0 amide bonds. The minimum atomic E-state index is -0.759. The van der Waals surface area contributed by atoms with Crippen LogP contribution in [-0.2, 0) is 9.31 Å². The van der Waals surface area contributed by atoms with Crippen molar-refractivity contribution < 1.29 is 13.7 Å². The van der Waals surface area contributed by atoms with Gasteiger partial charge in [0, 0.05) is 11.7 Å². The van der Waals surface area contributed by atoms with E-state index in [9.17, 15) is 4.39 Å². The van der Waals surface area contributed by atoms with Gasteiger partial charge in [-0.25, -0.2) is 9.37 Å². The van der Waals surface area contributed by atoms with Gasteiger partial charge < -0.3 is 9.31 Å². The zero-order valence-corrected chi connectivity index (χ0v) is 11.0. The first-order valence-corrected chi connectivity index (χ1v) is 5.75. The predicted octanol–water partition coefficient (Wildman–Crippen LogP) is 1.50. The SMILES string of the molecule is C#Cc1nccc(B2OC(C)(C)C(C)(C)O2)c1F. The highest BCUT2D eigenvalue weighted by atomic mass is 19.1. The van der Waals surface area contributed by atoms with Crippen LogP contribution < -0.4 is 5.46 Å². The van der Waals surface area contributed by atoms with Gasteiger partial charge in [0.2, 0.25) is 0 Å². The Hall–Kier alpha value is -1.38. The van der Waals surface area contributed by atoms with E-state index in [1.54, 1.807) is 0 Å². The summed E-state index contributed by atoms with van der Waals surface area (Å²) >= 11 is 0. The second kappa shape index (κ2) is 4.08. The fraction of sp³-hybridized carbons (Fsp3) is 0.462. The Morgan fingerprint density at radius 3 is 2.33 bits per heavy atom. The van der Waals surface area contributed by atoms with Crippen LogP contribution in [-0.4, -0.2) is 23.3 Å². The molecule has 1 saturated heterocycles. The van der Waals surface area contributed by atoms with Crippen LogP contribution in [0.25, 0.3) is 0 Å². The molecular weight excluding hydrogens is 232 g/mol. The topological polar surface area (TPSA) is 31.4 Å². The molecule has 3 nitrogen and oxygen atoms in total. The lowest BCUT2D eigenvalue weighted by Gasteiger charge is -2.32. The number of pyridine rings is 1. The molecule has 1 aromatic heterocycles. The first-order chi connectivity index (χ1) is 8.28. The van der Waals surface area contributed by atoms with E-state index in [0.717, 1.165) is 0 Å². The number of aromatic nitrogens is 1. The summed E-state index contributed by atoms with van der Waals surface area (Å²) in [6.07, 6.45) is 6.65. The summed E-state index contributed by atoms with van der Waals surface area (Å²) in [6, 6.07) is 1.53. The van der Waals surface area contributed by atoms with Crippen LogP contribution in [0, 0.1) is 18.2 Å². The third-order valence-electron chi connectivity index (χ3n) is 3.56. The maximum atomic E-state index is 14.1. The first kappa shape index (κ1) is 13.1. The van der Waals surface area contributed by atoms with Gasteiger partial charge in [0.25, 0.3) is 0 Å². The number of hydrogen-bond acceptors (Lipinski definition) is 3. The van der Waals surface area contributed by atoms with E-state index in [1.807, 2.05) is 27.7 Å². The zero-order chi connectivity index (χ0) is 13.6. The smallest absolute Gasteiger partial charge is 0.399 e. The maximum absolute atomic E-state index is 14.1. The quantitative estimate of drug-likeness (QED) is 0.556. The molecule has 0 radical (unpaired) electrons. The molecule has 0 atom stereocenters. The minimum Gasteiger partial charge on any atom is -0.399 e. The molecule has 0 aromatic carbocycles. The van der Waals surface area contributed by atoms with Crippen molar-refractivity contribution in [3.8, 4) is 12.3 Å². The highest BCUT2D eigenvalue weighted by Gasteiger charge is 2.52. The fourth-order valence-electron chi connectivity index (χ4n) is 1.71. The molecule has 0 spiro atoms. The summed E-state index contributed by atoms with van der Waals surface area (Å²) in [5, 5.41) is 0. The van der Waals surface area contributed by atoms with E-state index in [-0.39, 0.29) is 11.2 Å². The largest absolute Gasteiger partial charge is 0.498 e. The molecule has 1 aromatic rings. The summed E-state index contributed by atoms with van der Waals surface area (Å²) < 4.78 is 25.6.